The summed E-state index contributed by atoms with van der Waals surface area (Å²) in [6.45, 7) is 1.60. The summed E-state index contributed by atoms with van der Waals surface area (Å²) in [4.78, 5) is 27.3. The summed E-state index contributed by atoms with van der Waals surface area (Å²) in [5, 5.41) is 5.10. The maximum absolute atomic E-state index is 12.4. The van der Waals surface area contributed by atoms with Gasteiger partial charge >= 0.3 is 6.09 Å². The number of alkyl carbamates (subject to hydrolysis) is 1. The molecule has 5 nitrogen and oxygen atoms in total. The van der Waals surface area contributed by atoms with E-state index in [0.29, 0.717) is 11.8 Å². The van der Waals surface area contributed by atoms with Crippen LogP contribution in [0, 0.1) is 0 Å². The zero-order valence-corrected chi connectivity index (χ0v) is 16.1. The molecule has 1 aliphatic heterocycles. The van der Waals surface area contributed by atoms with Crippen molar-refractivity contribution in [1.82, 2.24) is 10.2 Å². The molecular formula is C19H22N2O3S2. The number of thioether (sulfide) groups is 1. The van der Waals surface area contributed by atoms with E-state index in [1.165, 1.54) is 4.88 Å². The van der Waals surface area contributed by atoms with Gasteiger partial charge < -0.3 is 15.0 Å². The van der Waals surface area contributed by atoms with E-state index < -0.39 is 6.09 Å². The molecule has 1 N–H and O–H groups in total. The van der Waals surface area contributed by atoms with Crippen molar-refractivity contribution >= 4 is 35.1 Å². The van der Waals surface area contributed by atoms with Crippen LogP contribution in [0.15, 0.2) is 47.8 Å². The van der Waals surface area contributed by atoms with Crippen LogP contribution in [0.1, 0.15) is 22.1 Å². The Labute approximate surface area is 161 Å². The van der Waals surface area contributed by atoms with Crippen molar-refractivity contribution in [1.29, 1.82) is 0 Å². The minimum Gasteiger partial charge on any atom is -0.445 e. The Balaban J connectivity index is 1.39. The van der Waals surface area contributed by atoms with E-state index in [-0.39, 0.29) is 19.1 Å². The van der Waals surface area contributed by atoms with Gasteiger partial charge in [0.15, 0.2) is 0 Å². The van der Waals surface area contributed by atoms with Crippen molar-refractivity contribution in [3.63, 3.8) is 0 Å². The van der Waals surface area contributed by atoms with Crippen molar-refractivity contribution in [2.75, 3.05) is 25.4 Å². The highest BCUT2D eigenvalue weighted by atomic mass is 32.2. The van der Waals surface area contributed by atoms with Crippen LogP contribution in [-0.4, -0.2) is 42.3 Å². The maximum Gasteiger partial charge on any atom is 0.407 e. The summed E-state index contributed by atoms with van der Waals surface area (Å²) in [5.41, 5.74) is 0.915. The lowest BCUT2D eigenvalue weighted by Crippen LogP contribution is -2.41. The monoisotopic (exact) mass is 390 g/mol. The average molecular weight is 391 g/mol. The molecule has 1 fully saturated rings. The summed E-state index contributed by atoms with van der Waals surface area (Å²) >= 11 is 3.67. The number of nitrogens with one attached hydrogen (secondary N) is 1. The van der Waals surface area contributed by atoms with Crippen LogP contribution in [0.3, 0.4) is 0 Å². The normalized spacial score (nSPS) is 17.4. The van der Waals surface area contributed by atoms with E-state index in [9.17, 15) is 9.59 Å². The molecule has 2 aromatic rings. The molecule has 2 amide bonds. The minimum atomic E-state index is -0.567. The molecule has 1 aromatic carbocycles. The van der Waals surface area contributed by atoms with Crippen LogP contribution < -0.4 is 5.32 Å². The smallest absolute Gasteiger partial charge is 0.407 e. The second kappa shape index (κ2) is 9.64. The van der Waals surface area contributed by atoms with E-state index in [0.717, 1.165) is 24.3 Å². The van der Waals surface area contributed by atoms with Crippen LogP contribution in [0.4, 0.5) is 4.79 Å². The number of carbonyl (C=O) groups is 2. The van der Waals surface area contributed by atoms with Crippen molar-refractivity contribution in [2.24, 2.45) is 0 Å². The molecule has 26 heavy (non-hydrogen) atoms. The highest BCUT2D eigenvalue weighted by Crippen LogP contribution is 2.36. The number of carbonyl (C=O) groups excluding carboxylic acids is 2. The van der Waals surface area contributed by atoms with Gasteiger partial charge in [0.25, 0.3) is 0 Å². The van der Waals surface area contributed by atoms with Gasteiger partial charge in [0.2, 0.25) is 5.91 Å². The van der Waals surface area contributed by atoms with Crippen molar-refractivity contribution in [2.45, 2.75) is 18.3 Å². The summed E-state index contributed by atoms with van der Waals surface area (Å²) in [6, 6.07) is 13.7. The Bertz CT molecular complexity index is 707. The zero-order valence-electron chi connectivity index (χ0n) is 14.4. The Morgan fingerprint density at radius 3 is 2.77 bits per heavy atom. The van der Waals surface area contributed by atoms with E-state index in [2.05, 4.69) is 22.8 Å². The molecule has 138 valence electrons. The molecule has 0 aliphatic carbocycles. The Morgan fingerprint density at radius 1 is 1.15 bits per heavy atom. The van der Waals surface area contributed by atoms with Gasteiger partial charge in [0.05, 0.1) is 0 Å². The minimum absolute atomic E-state index is 0.0258. The number of thiophene rings is 1. The standard InChI is InChI=1S/C19H22N2O3S2/c22-18(13-20-19(23)24-14-15-5-2-1-3-6-15)21-9-8-17(26-12-10-21)16-7-4-11-25-16/h1-7,11,17H,8-10,12-14H2,(H,20,23)/t17-/m0/s1. The third kappa shape index (κ3) is 5.51. The molecule has 0 unspecified atom stereocenters. The van der Waals surface area contributed by atoms with E-state index in [4.69, 9.17) is 4.74 Å². The molecule has 3 rings (SSSR count). The Hall–Kier alpha value is -1.99. The van der Waals surface area contributed by atoms with Crippen LogP contribution in [0.25, 0.3) is 0 Å². The molecule has 0 bridgehead atoms. The highest BCUT2D eigenvalue weighted by Gasteiger charge is 2.22. The average Bonchev–Trinajstić information content (AvgIpc) is 3.10. The van der Waals surface area contributed by atoms with Crippen molar-refractivity contribution < 1.29 is 14.3 Å². The molecular weight excluding hydrogens is 368 g/mol. The highest BCUT2D eigenvalue weighted by molar-refractivity contribution is 7.99. The SMILES string of the molecule is O=C(NCC(=O)N1CCS[C@H](c2cccs2)CC1)OCc1ccccc1. The molecule has 1 aliphatic rings. The van der Waals surface area contributed by atoms with Gasteiger partial charge in [-0.15, -0.1) is 11.3 Å². The second-order valence-corrected chi connectivity index (χ2v) is 8.25. The number of rotatable bonds is 5. The topological polar surface area (TPSA) is 58.6 Å². The van der Waals surface area contributed by atoms with Crippen molar-refractivity contribution in [3.05, 3.63) is 58.3 Å². The van der Waals surface area contributed by atoms with Crippen LogP contribution in [0.2, 0.25) is 0 Å². The quantitative estimate of drug-likeness (QED) is 0.846. The lowest BCUT2D eigenvalue weighted by molar-refractivity contribution is -0.129. The van der Waals surface area contributed by atoms with Gasteiger partial charge in [0, 0.05) is 29.0 Å². The number of ether oxygens (including phenoxy) is 1. The van der Waals surface area contributed by atoms with Crippen molar-refractivity contribution in [3.8, 4) is 0 Å². The van der Waals surface area contributed by atoms with Crippen LogP contribution in [-0.2, 0) is 16.1 Å². The van der Waals surface area contributed by atoms with E-state index in [1.54, 1.807) is 11.3 Å². The number of benzene rings is 1. The first-order valence-electron chi connectivity index (χ1n) is 8.59. The fourth-order valence-corrected chi connectivity index (χ4v) is 4.99. The predicted octanol–water partition coefficient (Wildman–Crippen LogP) is 3.68. The summed E-state index contributed by atoms with van der Waals surface area (Å²) in [5.74, 6) is 0.848. The van der Waals surface area contributed by atoms with Gasteiger partial charge in [0.1, 0.15) is 13.2 Å². The van der Waals surface area contributed by atoms with Gasteiger partial charge in [-0.2, -0.15) is 11.8 Å². The first-order valence-corrected chi connectivity index (χ1v) is 10.5. The number of hydrogen-bond acceptors (Lipinski definition) is 5. The summed E-state index contributed by atoms with van der Waals surface area (Å²) < 4.78 is 5.13. The second-order valence-electron chi connectivity index (χ2n) is 5.96. The molecule has 1 saturated heterocycles. The fourth-order valence-electron chi connectivity index (χ4n) is 2.76. The van der Waals surface area contributed by atoms with Gasteiger partial charge in [-0.05, 0) is 23.4 Å². The molecule has 2 heterocycles. The van der Waals surface area contributed by atoms with Gasteiger partial charge in [-0.3, -0.25) is 4.79 Å². The lowest BCUT2D eigenvalue weighted by Gasteiger charge is -2.20. The van der Waals surface area contributed by atoms with E-state index in [1.807, 2.05) is 47.0 Å². The first-order chi connectivity index (χ1) is 12.7. The largest absolute Gasteiger partial charge is 0.445 e. The number of hydrogen-bond donors (Lipinski definition) is 1. The molecule has 0 radical (unpaired) electrons. The predicted molar refractivity (Wildman–Crippen MR) is 105 cm³/mol. The zero-order chi connectivity index (χ0) is 18.2. The number of nitrogens with zero attached hydrogens (tertiary/aromatic N) is 1. The summed E-state index contributed by atoms with van der Waals surface area (Å²) in [6.07, 6.45) is 0.373. The third-order valence-corrected chi connectivity index (χ3v) is 6.60. The van der Waals surface area contributed by atoms with Crippen LogP contribution in [0.5, 0.6) is 0 Å². The first kappa shape index (κ1) is 18.8. The molecule has 7 heteroatoms. The number of amides is 2. The lowest BCUT2D eigenvalue weighted by atomic mass is 10.2. The molecule has 0 saturated carbocycles. The third-order valence-electron chi connectivity index (χ3n) is 4.15. The van der Waals surface area contributed by atoms with Crippen LogP contribution >= 0.6 is 23.1 Å². The van der Waals surface area contributed by atoms with Gasteiger partial charge in [-0.25, -0.2) is 4.79 Å². The van der Waals surface area contributed by atoms with E-state index >= 15 is 0 Å². The van der Waals surface area contributed by atoms with Gasteiger partial charge in [-0.1, -0.05) is 36.4 Å². The maximum atomic E-state index is 12.4. The molecule has 0 spiro atoms. The Kier molecular flexibility index (Phi) is 6.96. The molecule has 1 aromatic heterocycles. The fraction of sp³-hybridized carbons (Fsp3) is 0.368. The molecule has 1 atom stereocenters. The summed E-state index contributed by atoms with van der Waals surface area (Å²) in [7, 11) is 0. The Morgan fingerprint density at radius 2 is 2.00 bits per heavy atom.